The minimum atomic E-state index is -3.23. The number of hydrogen-bond donors (Lipinski definition) is 0. The molecule has 1 atom stereocenters. The molecular weight excluding hydrogens is 390 g/mol. The van der Waals surface area contributed by atoms with Gasteiger partial charge in [-0.1, -0.05) is 24.3 Å². The summed E-state index contributed by atoms with van der Waals surface area (Å²) in [5, 5.41) is 0. The lowest BCUT2D eigenvalue weighted by Crippen LogP contribution is -2.29. The maximum atomic E-state index is 12.5. The molecule has 0 aromatic heterocycles. The molecule has 0 heterocycles. The van der Waals surface area contributed by atoms with E-state index in [0.29, 0.717) is 37.6 Å². The Morgan fingerprint density at radius 3 is 2.17 bits per heavy atom. The van der Waals surface area contributed by atoms with E-state index in [1.807, 2.05) is 38.1 Å². The molecule has 0 radical (unpaired) electrons. The average Bonchev–Trinajstić information content (AvgIpc) is 2.70. The van der Waals surface area contributed by atoms with E-state index in [2.05, 4.69) is 0 Å². The molecule has 6 nitrogen and oxygen atoms in total. The molecule has 2 rings (SSSR count). The van der Waals surface area contributed by atoms with Gasteiger partial charge in [0, 0.05) is 19.7 Å². The predicted molar refractivity (Wildman–Crippen MR) is 113 cm³/mol. The smallest absolute Gasteiger partial charge is 0.222 e. The van der Waals surface area contributed by atoms with Gasteiger partial charge in [-0.3, -0.25) is 4.79 Å². The quantitative estimate of drug-likeness (QED) is 0.547. The second kappa shape index (κ2) is 10.3. The highest BCUT2D eigenvalue weighted by Crippen LogP contribution is 2.26. The van der Waals surface area contributed by atoms with Gasteiger partial charge in [-0.2, -0.15) is 0 Å². The number of rotatable bonds is 10. The van der Waals surface area contributed by atoms with Crippen LogP contribution in [-0.4, -0.2) is 45.7 Å². The summed E-state index contributed by atoms with van der Waals surface area (Å²) >= 11 is 0. The van der Waals surface area contributed by atoms with Crippen molar-refractivity contribution in [1.29, 1.82) is 0 Å². The Morgan fingerprint density at radius 2 is 1.62 bits per heavy atom. The molecule has 1 amide bonds. The number of benzene rings is 2. The van der Waals surface area contributed by atoms with Crippen molar-refractivity contribution in [2.75, 3.05) is 26.5 Å². The zero-order valence-corrected chi connectivity index (χ0v) is 18.2. The topological polar surface area (TPSA) is 72.9 Å². The highest BCUT2D eigenvalue weighted by atomic mass is 32.2. The van der Waals surface area contributed by atoms with Gasteiger partial charge in [0.1, 0.15) is 0 Å². The molecule has 29 heavy (non-hydrogen) atoms. The molecule has 0 saturated heterocycles. The van der Waals surface area contributed by atoms with Crippen LogP contribution >= 0.6 is 0 Å². The Morgan fingerprint density at radius 1 is 1.03 bits per heavy atom. The maximum absolute atomic E-state index is 12.5. The van der Waals surface area contributed by atoms with Crippen molar-refractivity contribution in [2.24, 2.45) is 0 Å². The Hall–Kier alpha value is -2.54. The summed E-state index contributed by atoms with van der Waals surface area (Å²) in [6.07, 6.45) is 2.12. The van der Waals surface area contributed by atoms with Crippen molar-refractivity contribution in [1.82, 2.24) is 4.90 Å². The molecule has 158 valence electrons. The van der Waals surface area contributed by atoms with E-state index in [0.717, 1.165) is 5.56 Å². The van der Waals surface area contributed by atoms with Crippen molar-refractivity contribution in [2.45, 2.75) is 37.6 Å². The number of amides is 1. The first-order valence-corrected chi connectivity index (χ1v) is 11.5. The molecule has 0 aliphatic rings. The summed E-state index contributed by atoms with van der Waals surface area (Å²) in [4.78, 5) is 14.5. The van der Waals surface area contributed by atoms with E-state index >= 15 is 0 Å². The second-order valence-electron chi connectivity index (χ2n) is 6.85. The van der Waals surface area contributed by atoms with E-state index in [4.69, 9.17) is 9.47 Å². The summed E-state index contributed by atoms with van der Waals surface area (Å²) < 4.78 is 34.4. The highest BCUT2D eigenvalue weighted by Gasteiger charge is 2.18. The van der Waals surface area contributed by atoms with Crippen LogP contribution in [0.25, 0.3) is 0 Å². The zero-order valence-electron chi connectivity index (χ0n) is 17.4. The lowest BCUT2D eigenvalue weighted by atomic mass is 10.1. The van der Waals surface area contributed by atoms with Crippen LogP contribution in [0.2, 0.25) is 0 Å². The van der Waals surface area contributed by atoms with Crippen molar-refractivity contribution in [3.63, 3.8) is 0 Å². The molecule has 0 fully saturated rings. The van der Waals surface area contributed by atoms with Gasteiger partial charge in [0.25, 0.3) is 0 Å². The number of carbonyl (C=O) groups is 1. The van der Waals surface area contributed by atoms with Crippen molar-refractivity contribution in [3.8, 4) is 11.5 Å². The van der Waals surface area contributed by atoms with Crippen LogP contribution in [0.3, 0.4) is 0 Å². The molecule has 0 aliphatic carbocycles. The Labute approximate surface area is 173 Å². The van der Waals surface area contributed by atoms with E-state index in [-0.39, 0.29) is 16.8 Å². The standard InChI is InChI=1S/C22H29NO5S/c1-5-27-20-9-6-7-10-21(20)28-16-8-11-22(24)23(3)17(2)18-12-14-19(15-13-18)29(4,25)26/h6-7,9-10,12-15,17H,5,8,11,16H2,1-4H3. The second-order valence-corrected chi connectivity index (χ2v) is 8.87. The number of sulfone groups is 1. The number of hydrogen-bond acceptors (Lipinski definition) is 5. The molecule has 1 unspecified atom stereocenters. The maximum Gasteiger partial charge on any atom is 0.222 e. The lowest BCUT2D eigenvalue weighted by molar-refractivity contribution is -0.132. The monoisotopic (exact) mass is 419 g/mol. The summed E-state index contributed by atoms with van der Waals surface area (Å²) in [5.41, 5.74) is 0.884. The van der Waals surface area contributed by atoms with Crippen LogP contribution in [-0.2, 0) is 14.6 Å². The van der Waals surface area contributed by atoms with Crippen molar-refractivity contribution < 1.29 is 22.7 Å². The van der Waals surface area contributed by atoms with Crippen LogP contribution in [0.15, 0.2) is 53.4 Å². The minimum Gasteiger partial charge on any atom is -0.490 e. The van der Waals surface area contributed by atoms with Crippen LogP contribution in [0.4, 0.5) is 0 Å². The Balaban J connectivity index is 1.86. The first-order chi connectivity index (χ1) is 13.7. The third-order valence-corrected chi connectivity index (χ3v) is 5.84. The SMILES string of the molecule is CCOc1ccccc1OCCCC(=O)N(C)C(C)c1ccc(S(C)(=O)=O)cc1. The van der Waals surface area contributed by atoms with E-state index in [1.165, 1.54) is 6.26 Å². The molecule has 0 spiro atoms. The molecule has 0 bridgehead atoms. The summed E-state index contributed by atoms with van der Waals surface area (Å²) in [7, 11) is -1.48. The fraction of sp³-hybridized carbons (Fsp3) is 0.409. The fourth-order valence-electron chi connectivity index (χ4n) is 2.86. The molecule has 0 saturated carbocycles. The average molecular weight is 420 g/mol. The molecule has 0 aliphatic heterocycles. The Bertz CT molecular complexity index is 909. The molecule has 7 heteroatoms. The van der Waals surface area contributed by atoms with Gasteiger partial charge in [0.05, 0.1) is 24.2 Å². The van der Waals surface area contributed by atoms with E-state index in [9.17, 15) is 13.2 Å². The number of carbonyl (C=O) groups excluding carboxylic acids is 1. The van der Waals surface area contributed by atoms with Crippen molar-refractivity contribution in [3.05, 3.63) is 54.1 Å². The van der Waals surface area contributed by atoms with Gasteiger partial charge >= 0.3 is 0 Å². The van der Waals surface area contributed by atoms with E-state index in [1.54, 1.807) is 36.2 Å². The third-order valence-electron chi connectivity index (χ3n) is 4.71. The molecular formula is C22H29NO5S. The van der Waals surface area contributed by atoms with Gasteiger partial charge in [-0.25, -0.2) is 8.42 Å². The van der Waals surface area contributed by atoms with Crippen LogP contribution in [0.5, 0.6) is 11.5 Å². The van der Waals surface area contributed by atoms with Crippen molar-refractivity contribution >= 4 is 15.7 Å². The number of para-hydroxylation sites is 2. The minimum absolute atomic E-state index is 0.00591. The van der Waals surface area contributed by atoms with Gasteiger partial charge in [0.15, 0.2) is 21.3 Å². The fourth-order valence-corrected chi connectivity index (χ4v) is 3.49. The summed E-state index contributed by atoms with van der Waals surface area (Å²) in [6, 6.07) is 14.0. The normalized spacial score (nSPS) is 12.3. The van der Waals surface area contributed by atoms with E-state index < -0.39 is 9.84 Å². The van der Waals surface area contributed by atoms with Gasteiger partial charge in [0.2, 0.25) is 5.91 Å². The Kier molecular flexibility index (Phi) is 8.08. The van der Waals surface area contributed by atoms with Gasteiger partial charge < -0.3 is 14.4 Å². The number of nitrogens with zero attached hydrogens (tertiary/aromatic N) is 1. The molecule has 0 N–H and O–H groups in total. The largest absolute Gasteiger partial charge is 0.490 e. The van der Waals surface area contributed by atoms with Crippen LogP contribution in [0, 0.1) is 0 Å². The summed E-state index contributed by atoms with van der Waals surface area (Å²) in [6.45, 7) is 4.82. The van der Waals surface area contributed by atoms with Crippen LogP contribution in [0.1, 0.15) is 38.3 Å². The molecule has 2 aromatic carbocycles. The van der Waals surface area contributed by atoms with Gasteiger partial charge in [-0.05, 0) is 50.1 Å². The lowest BCUT2D eigenvalue weighted by Gasteiger charge is -2.25. The first-order valence-electron chi connectivity index (χ1n) is 9.64. The van der Waals surface area contributed by atoms with Gasteiger partial charge in [-0.15, -0.1) is 0 Å². The highest BCUT2D eigenvalue weighted by molar-refractivity contribution is 7.90. The predicted octanol–water partition coefficient (Wildman–Crippen LogP) is 3.87. The number of ether oxygens (including phenoxy) is 2. The summed E-state index contributed by atoms with van der Waals surface area (Å²) in [5.74, 6) is 1.38. The third kappa shape index (κ3) is 6.49. The van der Waals surface area contributed by atoms with Crippen LogP contribution < -0.4 is 9.47 Å². The first kappa shape index (κ1) is 22.7. The zero-order chi connectivity index (χ0) is 21.4. The molecule has 2 aromatic rings.